The molecule has 3 N–H and O–H groups in total. The number of para-hydroxylation sites is 2. The summed E-state index contributed by atoms with van der Waals surface area (Å²) >= 11 is 0. The maximum atomic E-state index is 12.8. The van der Waals surface area contributed by atoms with E-state index in [1.165, 1.54) is 0 Å². The molecule has 0 amide bonds. The van der Waals surface area contributed by atoms with E-state index in [0.717, 1.165) is 22.5 Å². The fourth-order valence-corrected chi connectivity index (χ4v) is 3.22. The van der Waals surface area contributed by atoms with Gasteiger partial charge in [-0.2, -0.15) is 15.0 Å². The Balaban J connectivity index is 1.44. The van der Waals surface area contributed by atoms with E-state index in [0.29, 0.717) is 11.5 Å². The van der Waals surface area contributed by atoms with Crippen molar-refractivity contribution in [3.8, 4) is 5.75 Å². The number of ether oxygens (including phenoxy) is 2. The lowest BCUT2D eigenvalue weighted by Crippen LogP contribution is -2.12. The lowest BCUT2D eigenvalue weighted by Gasteiger charge is -2.12. The Kier molecular flexibility index (Phi) is 6.67. The van der Waals surface area contributed by atoms with Gasteiger partial charge in [-0.3, -0.25) is 0 Å². The largest absolute Gasteiger partial charge is 0.488 e. The Morgan fingerprint density at radius 2 is 1.76 bits per heavy atom. The molecule has 4 rings (SSSR count). The number of hydrogen-bond donors (Lipinski definition) is 2. The van der Waals surface area contributed by atoms with Gasteiger partial charge in [0.1, 0.15) is 23.7 Å². The molecule has 10 nitrogen and oxygen atoms in total. The molecule has 0 aliphatic heterocycles. The third kappa shape index (κ3) is 5.29. The molecule has 2 aromatic carbocycles. The van der Waals surface area contributed by atoms with Gasteiger partial charge in [0.2, 0.25) is 11.9 Å². The quantitative estimate of drug-likeness (QED) is 0.370. The van der Waals surface area contributed by atoms with Crippen LogP contribution in [0, 0.1) is 20.8 Å². The van der Waals surface area contributed by atoms with Crippen molar-refractivity contribution in [2.75, 3.05) is 11.1 Å². The molecule has 174 valence electrons. The monoisotopic (exact) mass is 460 g/mol. The Labute approximate surface area is 196 Å². The molecule has 0 radical (unpaired) electrons. The smallest absolute Gasteiger partial charge is 0.342 e. The van der Waals surface area contributed by atoms with Crippen molar-refractivity contribution in [3.63, 3.8) is 0 Å². The number of aryl methyl sites for hydroxylation is 3. The molecule has 2 heterocycles. The van der Waals surface area contributed by atoms with E-state index < -0.39 is 5.97 Å². The van der Waals surface area contributed by atoms with Crippen LogP contribution in [0.25, 0.3) is 0 Å². The number of nitrogens with two attached hydrogens (primary N) is 1. The van der Waals surface area contributed by atoms with Gasteiger partial charge in [-0.25, -0.2) is 4.79 Å². The number of hydrogen-bond acceptors (Lipinski definition) is 10. The highest BCUT2D eigenvalue weighted by Gasteiger charge is 2.17. The zero-order valence-electron chi connectivity index (χ0n) is 19.0. The van der Waals surface area contributed by atoms with Crippen LogP contribution < -0.4 is 15.8 Å². The van der Waals surface area contributed by atoms with Gasteiger partial charge in [0, 0.05) is 5.69 Å². The highest BCUT2D eigenvalue weighted by atomic mass is 16.5. The van der Waals surface area contributed by atoms with Crippen molar-refractivity contribution in [1.29, 1.82) is 0 Å². The number of benzene rings is 2. The van der Waals surface area contributed by atoms with Gasteiger partial charge in [-0.15, -0.1) is 0 Å². The molecule has 34 heavy (non-hydrogen) atoms. The van der Waals surface area contributed by atoms with Crippen LogP contribution in [0.2, 0.25) is 0 Å². The van der Waals surface area contributed by atoms with Gasteiger partial charge in [0.25, 0.3) is 0 Å². The Hall–Kier alpha value is -4.47. The van der Waals surface area contributed by atoms with E-state index in [1.807, 2.05) is 45.0 Å². The van der Waals surface area contributed by atoms with Crippen LogP contribution in [-0.4, -0.2) is 26.1 Å². The van der Waals surface area contributed by atoms with E-state index in [4.69, 9.17) is 19.7 Å². The average molecular weight is 460 g/mol. The van der Waals surface area contributed by atoms with Crippen molar-refractivity contribution in [2.24, 2.45) is 0 Å². The van der Waals surface area contributed by atoms with Gasteiger partial charge in [0.05, 0.1) is 11.3 Å². The van der Waals surface area contributed by atoms with Crippen molar-refractivity contribution >= 4 is 23.6 Å². The minimum Gasteiger partial charge on any atom is -0.488 e. The van der Waals surface area contributed by atoms with Crippen molar-refractivity contribution in [1.82, 2.24) is 20.1 Å². The fourth-order valence-electron chi connectivity index (χ4n) is 3.22. The van der Waals surface area contributed by atoms with Crippen LogP contribution >= 0.6 is 0 Å². The average Bonchev–Trinajstić information content (AvgIpc) is 3.14. The van der Waals surface area contributed by atoms with Crippen LogP contribution in [0.1, 0.15) is 38.8 Å². The van der Waals surface area contributed by atoms with E-state index in [1.54, 1.807) is 24.3 Å². The standard InChI is InChI=1S/C24H24N6O4/c1-14-8-4-6-10-19(14)26-24-28-21(27-23(25)29-24)13-33-22(31)17-9-5-7-11-20(17)32-12-18-15(2)30-34-16(18)3/h4-11H,12-13H2,1-3H3,(H3,25,26,27,28,29). The van der Waals surface area contributed by atoms with Gasteiger partial charge in [0.15, 0.2) is 12.4 Å². The summed E-state index contributed by atoms with van der Waals surface area (Å²) < 4.78 is 16.5. The maximum Gasteiger partial charge on any atom is 0.342 e. The third-order valence-electron chi connectivity index (χ3n) is 5.08. The highest BCUT2D eigenvalue weighted by Crippen LogP contribution is 2.23. The lowest BCUT2D eigenvalue weighted by molar-refractivity contribution is 0.0457. The van der Waals surface area contributed by atoms with E-state index in [-0.39, 0.29) is 36.5 Å². The van der Waals surface area contributed by atoms with E-state index >= 15 is 0 Å². The number of carbonyl (C=O) groups excluding carboxylic acids is 1. The first-order valence-electron chi connectivity index (χ1n) is 10.5. The second-order valence-electron chi connectivity index (χ2n) is 7.54. The Morgan fingerprint density at radius 3 is 2.53 bits per heavy atom. The number of aromatic nitrogens is 4. The second kappa shape index (κ2) is 9.99. The molecule has 4 aromatic rings. The summed E-state index contributed by atoms with van der Waals surface area (Å²) in [7, 11) is 0. The molecule has 0 spiro atoms. The molecule has 2 aromatic heterocycles. The lowest BCUT2D eigenvalue weighted by atomic mass is 10.2. The second-order valence-corrected chi connectivity index (χ2v) is 7.54. The Morgan fingerprint density at radius 1 is 1.00 bits per heavy atom. The summed E-state index contributed by atoms with van der Waals surface area (Å²) in [6, 6.07) is 14.5. The summed E-state index contributed by atoms with van der Waals surface area (Å²) in [5.74, 6) is 0.953. The number of nitrogens with zero attached hydrogens (tertiary/aromatic N) is 4. The fraction of sp³-hybridized carbons (Fsp3) is 0.208. The molecule has 0 saturated heterocycles. The minimum atomic E-state index is -0.582. The number of nitrogen functional groups attached to an aromatic ring is 1. The van der Waals surface area contributed by atoms with E-state index in [9.17, 15) is 4.79 Å². The number of nitrogens with one attached hydrogen (secondary N) is 1. The molecule has 0 bridgehead atoms. The first kappa shape index (κ1) is 22.7. The first-order chi connectivity index (χ1) is 16.4. The third-order valence-corrected chi connectivity index (χ3v) is 5.08. The number of rotatable bonds is 8. The van der Waals surface area contributed by atoms with Gasteiger partial charge in [-0.05, 0) is 44.5 Å². The zero-order valence-corrected chi connectivity index (χ0v) is 19.0. The van der Waals surface area contributed by atoms with E-state index in [2.05, 4.69) is 25.4 Å². The van der Waals surface area contributed by atoms with Gasteiger partial charge < -0.3 is 25.0 Å². The molecular weight excluding hydrogens is 436 g/mol. The molecule has 0 atom stereocenters. The molecular formula is C24H24N6O4. The van der Waals surface area contributed by atoms with Crippen LogP contribution in [0.15, 0.2) is 53.1 Å². The topological polar surface area (TPSA) is 138 Å². The van der Waals surface area contributed by atoms with Crippen LogP contribution in [-0.2, 0) is 18.0 Å². The number of esters is 1. The number of anilines is 3. The SMILES string of the molecule is Cc1ccccc1Nc1nc(N)nc(COC(=O)c2ccccc2OCc2c(C)noc2C)n1. The van der Waals surface area contributed by atoms with Crippen molar-refractivity contribution in [3.05, 3.63) is 82.5 Å². The predicted molar refractivity (Wildman–Crippen MR) is 125 cm³/mol. The van der Waals surface area contributed by atoms with Crippen LogP contribution in [0.3, 0.4) is 0 Å². The Bertz CT molecular complexity index is 1300. The summed E-state index contributed by atoms with van der Waals surface area (Å²) in [6.07, 6.45) is 0. The van der Waals surface area contributed by atoms with Crippen LogP contribution in [0.4, 0.5) is 17.6 Å². The molecule has 10 heteroatoms. The van der Waals surface area contributed by atoms with Gasteiger partial charge in [-0.1, -0.05) is 35.5 Å². The maximum absolute atomic E-state index is 12.8. The normalized spacial score (nSPS) is 10.7. The predicted octanol–water partition coefficient (Wildman–Crippen LogP) is 4.05. The summed E-state index contributed by atoms with van der Waals surface area (Å²) in [5.41, 5.74) is 9.52. The first-order valence-corrected chi connectivity index (χ1v) is 10.5. The molecule has 0 unspecified atom stereocenters. The summed E-state index contributed by atoms with van der Waals surface area (Å²) in [6.45, 7) is 5.62. The summed E-state index contributed by atoms with van der Waals surface area (Å²) in [4.78, 5) is 25.3. The molecule has 0 aliphatic carbocycles. The zero-order chi connectivity index (χ0) is 24.1. The van der Waals surface area contributed by atoms with Crippen molar-refractivity contribution in [2.45, 2.75) is 34.0 Å². The number of carbonyl (C=O) groups is 1. The van der Waals surface area contributed by atoms with Crippen molar-refractivity contribution < 1.29 is 18.8 Å². The summed E-state index contributed by atoms with van der Waals surface area (Å²) in [5, 5.41) is 7.02. The highest BCUT2D eigenvalue weighted by molar-refractivity contribution is 5.92. The molecule has 0 fully saturated rings. The van der Waals surface area contributed by atoms with Gasteiger partial charge >= 0.3 is 5.97 Å². The minimum absolute atomic E-state index is 0.0142. The van der Waals surface area contributed by atoms with Crippen LogP contribution in [0.5, 0.6) is 5.75 Å². The molecule has 0 aliphatic rings. The molecule has 0 saturated carbocycles.